The number of aromatic nitrogens is 2. The number of anilines is 3. The van der Waals surface area contributed by atoms with E-state index in [1.807, 2.05) is 25.4 Å². The maximum Gasteiger partial charge on any atom is 0.0802 e. The highest BCUT2D eigenvalue weighted by Gasteiger charge is 2.41. The Kier molecular flexibility index (Phi) is 4.84. The average Bonchev–Trinajstić information content (AvgIpc) is 3.45. The molecule has 2 fully saturated rings. The first kappa shape index (κ1) is 18.4. The van der Waals surface area contributed by atoms with Gasteiger partial charge in [0.05, 0.1) is 29.5 Å². The Morgan fingerprint density at radius 2 is 2.03 bits per heavy atom. The van der Waals surface area contributed by atoms with E-state index in [9.17, 15) is 0 Å². The molecule has 5 rings (SSSR count). The first-order valence-electron chi connectivity index (χ1n) is 10.6. The molecule has 2 aromatic heterocycles. The Morgan fingerprint density at radius 3 is 2.79 bits per heavy atom. The minimum atomic E-state index is 0.340. The molecule has 1 saturated carbocycles. The number of rotatable bonds is 6. The van der Waals surface area contributed by atoms with E-state index >= 15 is 0 Å². The van der Waals surface area contributed by atoms with Crippen molar-refractivity contribution in [2.75, 3.05) is 23.9 Å². The molecule has 150 valence electrons. The third kappa shape index (κ3) is 3.67. The molecule has 1 aliphatic carbocycles. The predicted octanol–water partition coefficient (Wildman–Crippen LogP) is 5.08. The summed E-state index contributed by atoms with van der Waals surface area (Å²) >= 11 is 0. The Balaban J connectivity index is 1.50. The zero-order valence-corrected chi connectivity index (χ0v) is 17.1. The number of pyridine rings is 2. The molecule has 3 aromatic rings. The summed E-state index contributed by atoms with van der Waals surface area (Å²) in [4.78, 5) is 11.6. The van der Waals surface area contributed by atoms with Crippen LogP contribution in [0.4, 0.5) is 17.1 Å². The third-order valence-corrected chi connectivity index (χ3v) is 6.21. The Labute approximate surface area is 172 Å². The summed E-state index contributed by atoms with van der Waals surface area (Å²) in [6, 6.07) is 13.1. The summed E-state index contributed by atoms with van der Waals surface area (Å²) < 4.78 is 5.96. The van der Waals surface area contributed by atoms with Gasteiger partial charge in [-0.25, -0.2) is 0 Å². The van der Waals surface area contributed by atoms with Gasteiger partial charge in [0.1, 0.15) is 0 Å². The maximum atomic E-state index is 5.96. The van der Waals surface area contributed by atoms with Gasteiger partial charge in [-0.2, -0.15) is 0 Å². The van der Waals surface area contributed by atoms with Crippen molar-refractivity contribution in [3.8, 4) is 0 Å². The van der Waals surface area contributed by atoms with Crippen molar-refractivity contribution >= 4 is 28.0 Å². The molecule has 0 spiro atoms. The summed E-state index contributed by atoms with van der Waals surface area (Å²) in [6.45, 7) is 3.18. The predicted molar refractivity (Wildman–Crippen MR) is 118 cm³/mol. The van der Waals surface area contributed by atoms with Gasteiger partial charge < -0.3 is 15.0 Å². The summed E-state index contributed by atoms with van der Waals surface area (Å²) in [5, 5.41) is 4.64. The fourth-order valence-corrected chi connectivity index (χ4v) is 4.78. The minimum Gasteiger partial charge on any atom is -0.379 e. The largest absolute Gasteiger partial charge is 0.379 e. The van der Waals surface area contributed by atoms with Crippen LogP contribution in [0.5, 0.6) is 0 Å². The van der Waals surface area contributed by atoms with Crippen LogP contribution in [0.25, 0.3) is 10.9 Å². The van der Waals surface area contributed by atoms with E-state index in [0.29, 0.717) is 12.1 Å². The second kappa shape index (κ2) is 7.64. The number of hydrogen-bond donors (Lipinski definition) is 1. The lowest BCUT2D eigenvalue weighted by atomic mass is 10.0. The smallest absolute Gasteiger partial charge is 0.0802 e. The highest BCUT2D eigenvalue weighted by Crippen LogP contribution is 2.42. The van der Waals surface area contributed by atoms with Crippen molar-refractivity contribution in [3.05, 3.63) is 54.5 Å². The van der Waals surface area contributed by atoms with Crippen LogP contribution in [0.2, 0.25) is 0 Å². The monoisotopic (exact) mass is 388 g/mol. The number of fused-ring (bicyclic) bond motifs is 1. The molecular formula is C24H28N4O. The zero-order valence-electron chi connectivity index (χ0n) is 17.1. The van der Waals surface area contributed by atoms with Gasteiger partial charge in [-0.3, -0.25) is 9.97 Å². The van der Waals surface area contributed by atoms with Gasteiger partial charge in [0, 0.05) is 42.3 Å². The van der Waals surface area contributed by atoms with Crippen molar-refractivity contribution in [1.29, 1.82) is 0 Å². The molecule has 1 N–H and O–H groups in total. The second-order valence-electron chi connectivity index (χ2n) is 8.32. The quantitative estimate of drug-likeness (QED) is 0.638. The molecule has 5 heteroatoms. The molecule has 1 aromatic carbocycles. The number of ether oxygens (including phenoxy) is 1. The normalized spacial score (nSPS) is 20.2. The van der Waals surface area contributed by atoms with Gasteiger partial charge in [0.25, 0.3) is 0 Å². The van der Waals surface area contributed by atoms with E-state index in [2.05, 4.69) is 46.4 Å². The van der Waals surface area contributed by atoms with Crippen LogP contribution < -0.4 is 10.2 Å². The number of nitrogens with zero attached hydrogens (tertiary/aromatic N) is 3. The van der Waals surface area contributed by atoms with Gasteiger partial charge in [-0.05, 0) is 74.9 Å². The first-order valence-corrected chi connectivity index (χ1v) is 10.6. The lowest BCUT2D eigenvalue weighted by molar-refractivity contribution is 0.0637. The molecule has 2 atom stereocenters. The third-order valence-electron chi connectivity index (χ3n) is 6.21. The molecule has 0 bridgehead atoms. The van der Waals surface area contributed by atoms with E-state index in [1.54, 1.807) is 6.20 Å². The standard InChI is InChI=1S/C24H28N4O/c1-16-13-23(28-12-4-6-22(28)24(29-2)17-7-8-17)20-10-9-18(14-21(20)26-16)27-19-5-3-11-25-15-19/h3,5,9-11,13-15,17,22,24,27H,4,6-8,12H2,1-2H3/t22-,24-/m0/s1. The molecule has 0 amide bonds. The summed E-state index contributed by atoms with van der Waals surface area (Å²) in [6.07, 6.45) is 9.00. The minimum absolute atomic E-state index is 0.340. The molecule has 5 nitrogen and oxygen atoms in total. The number of benzene rings is 1. The van der Waals surface area contributed by atoms with Crippen LogP contribution in [0.3, 0.4) is 0 Å². The lowest BCUT2D eigenvalue weighted by Crippen LogP contribution is -2.41. The van der Waals surface area contributed by atoms with E-state index in [1.165, 1.54) is 36.8 Å². The molecule has 1 saturated heterocycles. The van der Waals surface area contributed by atoms with Crippen molar-refractivity contribution in [3.63, 3.8) is 0 Å². The molecule has 1 aliphatic heterocycles. The summed E-state index contributed by atoms with van der Waals surface area (Å²) in [5.41, 5.74) is 5.38. The van der Waals surface area contributed by atoms with Crippen molar-refractivity contribution in [2.45, 2.75) is 44.8 Å². The molecule has 29 heavy (non-hydrogen) atoms. The fraction of sp³-hybridized carbons (Fsp3) is 0.417. The maximum absolute atomic E-state index is 5.96. The van der Waals surface area contributed by atoms with Crippen LogP contribution in [0, 0.1) is 12.8 Å². The molecule has 3 heterocycles. The number of aryl methyl sites for hydroxylation is 1. The number of nitrogens with one attached hydrogen (secondary N) is 1. The first-order chi connectivity index (χ1) is 14.2. The highest BCUT2D eigenvalue weighted by atomic mass is 16.5. The summed E-state index contributed by atoms with van der Waals surface area (Å²) in [5.74, 6) is 0.732. The number of hydrogen-bond acceptors (Lipinski definition) is 5. The van der Waals surface area contributed by atoms with E-state index < -0.39 is 0 Å². The van der Waals surface area contributed by atoms with Gasteiger partial charge in [-0.1, -0.05) is 0 Å². The number of methoxy groups -OCH3 is 1. The second-order valence-corrected chi connectivity index (χ2v) is 8.32. The Hall–Kier alpha value is -2.66. The van der Waals surface area contributed by atoms with Crippen LogP contribution in [0.15, 0.2) is 48.8 Å². The fourth-order valence-electron chi connectivity index (χ4n) is 4.78. The average molecular weight is 389 g/mol. The molecule has 0 unspecified atom stereocenters. The molecule has 2 aliphatic rings. The van der Waals surface area contributed by atoms with E-state index in [4.69, 9.17) is 9.72 Å². The molecule has 0 radical (unpaired) electrons. The van der Waals surface area contributed by atoms with Crippen LogP contribution in [0.1, 0.15) is 31.4 Å². The Morgan fingerprint density at radius 1 is 1.14 bits per heavy atom. The lowest BCUT2D eigenvalue weighted by Gasteiger charge is -2.33. The topological polar surface area (TPSA) is 50.3 Å². The van der Waals surface area contributed by atoms with Crippen LogP contribution in [-0.4, -0.2) is 35.8 Å². The van der Waals surface area contributed by atoms with Gasteiger partial charge >= 0.3 is 0 Å². The van der Waals surface area contributed by atoms with Crippen molar-refractivity contribution in [1.82, 2.24) is 9.97 Å². The SMILES string of the molecule is CO[C@@H](C1CC1)[C@@H]1CCCN1c1cc(C)nc2cc(Nc3cccnc3)ccc12. The van der Waals surface area contributed by atoms with Crippen LogP contribution >= 0.6 is 0 Å². The van der Waals surface area contributed by atoms with Crippen molar-refractivity contribution < 1.29 is 4.74 Å². The molecular weight excluding hydrogens is 360 g/mol. The van der Waals surface area contributed by atoms with Crippen molar-refractivity contribution in [2.24, 2.45) is 5.92 Å². The Bertz CT molecular complexity index is 1000. The van der Waals surface area contributed by atoms with Gasteiger partial charge in [0.2, 0.25) is 0 Å². The highest BCUT2D eigenvalue weighted by molar-refractivity contribution is 5.94. The van der Waals surface area contributed by atoms with Gasteiger partial charge in [0.15, 0.2) is 0 Å². The van der Waals surface area contributed by atoms with E-state index in [-0.39, 0.29) is 0 Å². The zero-order chi connectivity index (χ0) is 19.8. The van der Waals surface area contributed by atoms with E-state index in [0.717, 1.165) is 35.0 Å². The van der Waals surface area contributed by atoms with Crippen LogP contribution in [-0.2, 0) is 4.74 Å². The summed E-state index contributed by atoms with van der Waals surface area (Å²) in [7, 11) is 1.88. The van der Waals surface area contributed by atoms with Gasteiger partial charge in [-0.15, -0.1) is 0 Å².